The van der Waals surface area contributed by atoms with E-state index >= 15 is 0 Å². The summed E-state index contributed by atoms with van der Waals surface area (Å²) in [5.41, 5.74) is 3.10. The third-order valence-corrected chi connectivity index (χ3v) is 3.47. The van der Waals surface area contributed by atoms with Crippen LogP contribution in [0.15, 0.2) is 48.7 Å². The number of ether oxygens (including phenoxy) is 1. The second kappa shape index (κ2) is 7.04. The van der Waals surface area contributed by atoms with Crippen molar-refractivity contribution < 1.29 is 4.74 Å². The lowest BCUT2D eigenvalue weighted by atomic mass is 10.3. The first-order chi connectivity index (χ1) is 10.9. The lowest BCUT2D eigenvalue weighted by Gasteiger charge is -2.10. The van der Waals surface area contributed by atoms with Crippen LogP contribution in [0.3, 0.4) is 0 Å². The second-order valence-corrected chi connectivity index (χ2v) is 4.95. The summed E-state index contributed by atoms with van der Waals surface area (Å²) in [7, 11) is 0. The van der Waals surface area contributed by atoms with E-state index in [-0.39, 0.29) is 0 Å². The fourth-order valence-electron chi connectivity index (χ4n) is 2.41. The van der Waals surface area contributed by atoms with E-state index in [0.717, 1.165) is 35.8 Å². The Bertz CT molecular complexity index is 724. The maximum Gasteiger partial charge on any atom is 0.204 e. The van der Waals surface area contributed by atoms with Crippen LogP contribution in [0.4, 0.5) is 5.95 Å². The minimum atomic E-state index is 0.652. The number of nitrogens with one attached hydrogen (secondary N) is 1. The predicted octanol–water partition coefficient (Wildman–Crippen LogP) is 3.08. The molecule has 2 aromatic heterocycles. The van der Waals surface area contributed by atoms with Gasteiger partial charge in [0, 0.05) is 19.3 Å². The van der Waals surface area contributed by atoms with E-state index < -0.39 is 0 Å². The number of hydrogen-bond acceptors (Lipinski definition) is 4. The smallest absolute Gasteiger partial charge is 0.204 e. The summed E-state index contributed by atoms with van der Waals surface area (Å²) in [4.78, 5) is 9.00. The number of para-hydroxylation sites is 2. The van der Waals surface area contributed by atoms with Crippen LogP contribution in [0.2, 0.25) is 0 Å². The molecule has 0 unspecified atom stereocenters. The summed E-state index contributed by atoms with van der Waals surface area (Å²) in [6.45, 7) is 4.84. The first-order valence-electron chi connectivity index (χ1n) is 7.55. The number of rotatable bonds is 7. The van der Waals surface area contributed by atoms with Crippen LogP contribution in [-0.2, 0) is 17.8 Å². The first kappa shape index (κ1) is 14.5. The zero-order valence-electron chi connectivity index (χ0n) is 12.7. The molecule has 3 aromatic rings. The lowest BCUT2D eigenvalue weighted by Crippen LogP contribution is -2.11. The van der Waals surface area contributed by atoms with Gasteiger partial charge < -0.3 is 14.6 Å². The largest absolute Gasteiger partial charge is 0.380 e. The van der Waals surface area contributed by atoms with Gasteiger partial charge in [0.05, 0.1) is 29.9 Å². The average Bonchev–Trinajstić information content (AvgIpc) is 2.92. The highest BCUT2D eigenvalue weighted by atomic mass is 16.5. The first-order valence-corrected chi connectivity index (χ1v) is 7.55. The normalized spacial score (nSPS) is 11.0. The molecule has 0 spiro atoms. The predicted molar refractivity (Wildman–Crippen MR) is 87.8 cm³/mol. The molecule has 5 nitrogen and oxygen atoms in total. The molecule has 0 aliphatic rings. The monoisotopic (exact) mass is 296 g/mol. The molecule has 0 radical (unpaired) electrons. The molecule has 0 atom stereocenters. The Hall–Kier alpha value is -2.40. The van der Waals surface area contributed by atoms with Gasteiger partial charge in [-0.2, -0.15) is 0 Å². The molecule has 3 rings (SSSR count). The van der Waals surface area contributed by atoms with Gasteiger partial charge in [0.1, 0.15) is 0 Å². The fourth-order valence-corrected chi connectivity index (χ4v) is 2.41. The molecule has 0 aliphatic heterocycles. The Kier molecular flexibility index (Phi) is 4.65. The van der Waals surface area contributed by atoms with E-state index in [4.69, 9.17) is 4.74 Å². The van der Waals surface area contributed by atoms with Crippen LogP contribution in [0.25, 0.3) is 11.0 Å². The molecule has 0 fully saturated rings. The third kappa shape index (κ3) is 3.26. The summed E-state index contributed by atoms with van der Waals surface area (Å²) < 4.78 is 7.65. The van der Waals surface area contributed by atoms with Crippen molar-refractivity contribution in [3.8, 4) is 0 Å². The molecule has 0 amide bonds. The SMILES string of the molecule is CCOCCn1c(NCc2ccccn2)nc2ccccc21. The van der Waals surface area contributed by atoms with Crippen molar-refractivity contribution in [3.63, 3.8) is 0 Å². The van der Waals surface area contributed by atoms with Crippen LogP contribution in [0.1, 0.15) is 12.6 Å². The second-order valence-electron chi connectivity index (χ2n) is 4.95. The minimum absolute atomic E-state index is 0.652. The quantitative estimate of drug-likeness (QED) is 0.681. The van der Waals surface area contributed by atoms with Gasteiger partial charge in [0.15, 0.2) is 0 Å². The topological polar surface area (TPSA) is 52.0 Å². The molecular formula is C17H20N4O. The molecule has 5 heteroatoms. The van der Waals surface area contributed by atoms with Crippen molar-refractivity contribution in [1.29, 1.82) is 0 Å². The molecule has 1 N–H and O–H groups in total. The zero-order valence-corrected chi connectivity index (χ0v) is 12.7. The number of benzene rings is 1. The maximum absolute atomic E-state index is 5.48. The van der Waals surface area contributed by atoms with Gasteiger partial charge in [0.2, 0.25) is 5.95 Å². The minimum Gasteiger partial charge on any atom is -0.380 e. The third-order valence-electron chi connectivity index (χ3n) is 3.47. The van der Waals surface area contributed by atoms with Gasteiger partial charge in [-0.05, 0) is 31.2 Å². The number of anilines is 1. The summed E-state index contributed by atoms with van der Waals surface area (Å²) in [5, 5.41) is 3.38. The van der Waals surface area contributed by atoms with Crippen LogP contribution in [-0.4, -0.2) is 27.7 Å². The number of hydrogen-bond donors (Lipinski definition) is 1. The summed E-state index contributed by atoms with van der Waals surface area (Å²) in [6, 6.07) is 14.1. The van der Waals surface area contributed by atoms with E-state index in [1.165, 1.54) is 0 Å². The van der Waals surface area contributed by atoms with Crippen LogP contribution in [0, 0.1) is 0 Å². The van der Waals surface area contributed by atoms with Crippen LogP contribution in [0.5, 0.6) is 0 Å². The number of fused-ring (bicyclic) bond motifs is 1. The van der Waals surface area contributed by atoms with E-state index in [2.05, 4.69) is 25.9 Å². The Balaban J connectivity index is 1.82. The highest BCUT2D eigenvalue weighted by Gasteiger charge is 2.10. The van der Waals surface area contributed by atoms with E-state index in [1.54, 1.807) is 6.20 Å². The molecule has 0 bridgehead atoms. The number of aromatic nitrogens is 3. The molecule has 0 saturated carbocycles. The maximum atomic E-state index is 5.48. The van der Waals surface area contributed by atoms with Crippen molar-refractivity contribution in [2.75, 3.05) is 18.5 Å². The van der Waals surface area contributed by atoms with Crippen molar-refractivity contribution in [2.45, 2.75) is 20.0 Å². The Morgan fingerprint density at radius 3 is 2.82 bits per heavy atom. The Morgan fingerprint density at radius 1 is 1.14 bits per heavy atom. The van der Waals surface area contributed by atoms with Crippen LogP contribution >= 0.6 is 0 Å². The van der Waals surface area contributed by atoms with Crippen molar-refractivity contribution in [2.24, 2.45) is 0 Å². The molecule has 0 aliphatic carbocycles. The average molecular weight is 296 g/mol. The molecule has 22 heavy (non-hydrogen) atoms. The molecule has 114 valence electrons. The summed E-state index contributed by atoms with van der Waals surface area (Å²) in [5.74, 6) is 0.853. The standard InChI is InChI=1S/C17H20N4O/c1-2-22-12-11-21-16-9-4-3-8-15(16)20-17(21)19-13-14-7-5-6-10-18-14/h3-10H,2,11-13H2,1H3,(H,19,20). The van der Waals surface area contributed by atoms with Gasteiger partial charge >= 0.3 is 0 Å². The van der Waals surface area contributed by atoms with E-state index in [0.29, 0.717) is 13.2 Å². The summed E-state index contributed by atoms with van der Waals surface area (Å²) in [6.07, 6.45) is 1.80. The number of imidazole rings is 1. The van der Waals surface area contributed by atoms with Crippen molar-refractivity contribution in [1.82, 2.24) is 14.5 Å². The Morgan fingerprint density at radius 2 is 2.00 bits per heavy atom. The van der Waals surface area contributed by atoms with Gasteiger partial charge in [0.25, 0.3) is 0 Å². The van der Waals surface area contributed by atoms with Gasteiger partial charge in [-0.25, -0.2) is 4.98 Å². The Labute approximate surface area is 130 Å². The molecule has 2 heterocycles. The highest BCUT2D eigenvalue weighted by molar-refractivity contribution is 5.78. The number of pyridine rings is 1. The van der Waals surface area contributed by atoms with Crippen LogP contribution < -0.4 is 5.32 Å². The van der Waals surface area contributed by atoms with E-state index in [1.807, 2.05) is 43.3 Å². The van der Waals surface area contributed by atoms with Crippen molar-refractivity contribution >= 4 is 17.0 Å². The zero-order chi connectivity index (χ0) is 15.2. The van der Waals surface area contributed by atoms with Crippen molar-refractivity contribution in [3.05, 3.63) is 54.4 Å². The number of nitrogens with zero attached hydrogens (tertiary/aromatic N) is 3. The fraction of sp³-hybridized carbons (Fsp3) is 0.294. The van der Waals surface area contributed by atoms with Gasteiger partial charge in [-0.1, -0.05) is 18.2 Å². The summed E-state index contributed by atoms with van der Waals surface area (Å²) >= 11 is 0. The highest BCUT2D eigenvalue weighted by Crippen LogP contribution is 2.19. The van der Waals surface area contributed by atoms with E-state index in [9.17, 15) is 0 Å². The molecular weight excluding hydrogens is 276 g/mol. The molecule has 1 aromatic carbocycles. The van der Waals surface area contributed by atoms with Gasteiger partial charge in [-0.3, -0.25) is 4.98 Å². The van der Waals surface area contributed by atoms with Gasteiger partial charge in [-0.15, -0.1) is 0 Å². The molecule has 0 saturated heterocycles. The lowest BCUT2D eigenvalue weighted by molar-refractivity contribution is 0.140.